The first-order valence-corrected chi connectivity index (χ1v) is 11.6. The van der Waals surface area contributed by atoms with Crippen LogP contribution in [0.15, 0.2) is 54.6 Å². The Kier molecular flexibility index (Phi) is 8.52. The Balaban J connectivity index is 2.17. The lowest BCUT2D eigenvalue weighted by molar-refractivity contribution is 0.475. The summed E-state index contributed by atoms with van der Waals surface area (Å²) >= 11 is 0. The monoisotopic (exact) mass is 388 g/mol. The van der Waals surface area contributed by atoms with Crippen LogP contribution in [0.4, 0.5) is 0 Å². The Morgan fingerprint density at radius 2 is 1.48 bits per heavy atom. The Morgan fingerprint density at radius 3 is 2.04 bits per heavy atom. The molecular formula is C23H32O3S. The van der Waals surface area contributed by atoms with Gasteiger partial charge in [-0.2, -0.15) is 8.42 Å². The van der Waals surface area contributed by atoms with Crippen LogP contribution in [0.2, 0.25) is 0 Å². The molecule has 0 aliphatic carbocycles. The van der Waals surface area contributed by atoms with Crippen molar-refractivity contribution >= 4 is 10.1 Å². The summed E-state index contributed by atoms with van der Waals surface area (Å²) in [6, 6.07) is 18.4. The zero-order valence-electron chi connectivity index (χ0n) is 16.5. The van der Waals surface area contributed by atoms with Crippen molar-refractivity contribution in [3.05, 3.63) is 71.3 Å². The standard InChI is InChI=1S/C23H32O3S/c1-3-5-7-12-23(17-20(4-2)21-10-8-6-9-11-21)22-15-13-19(14-16-22)18-27(24,25)26/h6,8-11,13-16,20,23H,3-5,7,12,17-18H2,1-2H3,(H,24,25,26). The predicted octanol–water partition coefficient (Wildman–Crippen LogP) is 6.32. The van der Waals surface area contributed by atoms with Crippen molar-refractivity contribution in [1.29, 1.82) is 0 Å². The summed E-state index contributed by atoms with van der Waals surface area (Å²) < 4.78 is 31.2. The van der Waals surface area contributed by atoms with Gasteiger partial charge >= 0.3 is 0 Å². The van der Waals surface area contributed by atoms with Crippen molar-refractivity contribution in [3.63, 3.8) is 0 Å². The first-order chi connectivity index (χ1) is 12.9. The minimum absolute atomic E-state index is 0.324. The second-order valence-electron chi connectivity index (χ2n) is 7.41. The third kappa shape index (κ3) is 7.47. The maximum Gasteiger partial charge on any atom is 0.269 e. The van der Waals surface area contributed by atoms with Gasteiger partial charge in [0.15, 0.2) is 0 Å². The zero-order valence-corrected chi connectivity index (χ0v) is 17.3. The number of unbranched alkanes of at least 4 members (excludes halogenated alkanes) is 2. The van der Waals surface area contributed by atoms with Crippen LogP contribution in [0.3, 0.4) is 0 Å². The van der Waals surface area contributed by atoms with Crippen molar-refractivity contribution < 1.29 is 13.0 Å². The van der Waals surface area contributed by atoms with Crippen molar-refractivity contribution in [2.45, 2.75) is 70.0 Å². The van der Waals surface area contributed by atoms with Crippen molar-refractivity contribution in [3.8, 4) is 0 Å². The minimum atomic E-state index is -3.99. The fourth-order valence-corrected chi connectivity index (χ4v) is 4.38. The Hall–Kier alpha value is -1.65. The molecular weight excluding hydrogens is 356 g/mol. The summed E-state index contributed by atoms with van der Waals surface area (Å²) in [6.07, 6.45) is 7.00. The van der Waals surface area contributed by atoms with Gasteiger partial charge in [-0.3, -0.25) is 4.55 Å². The molecule has 1 N–H and O–H groups in total. The SMILES string of the molecule is CCCCCC(CC(CC)c1ccccc1)c1ccc(CS(=O)(=O)O)cc1. The molecule has 2 unspecified atom stereocenters. The van der Waals surface area contributed by atoms with E-state index in [0.29, 0.717) is 17.4 Å². The molecule has 0 bridgehead atoms. The molecule has 148 valence electrons. The van der Waals surface area contributed by atoms with Gasteiger partial charge in [0.25, 0.3) is 10.1 Å². The van der Waals surface area contributed by atoms with E-state index in [1.54, 1.807) is 0 Å². The molecule has 3 nitrogen and oxygen atoms in total. The molecule has 0 aliphatic rings. The highest BCUT2D eigenvalue weighted by Gasteiger charge is 2.19. The van der Waals surface area contributed by atoms with Gasteiger partial charge in [-0.1, -0.05) is 87.7 Å². The highest BCUT2D eigenvalue weighted by Crippen LogP contribution is 2.35. The molecule has 0 saturated heterocycles. The molecule has 0 aromatic heterocycles. The van der Waals surface area contributed by atoms with Gasteiger partial charge in [-0.25, -0.2) is 0 Å². The maximum absolute atomic E-state index is 11.1. The molecule has 0 fully saturated rings. The number of benzene rings is 2. The summed E-state index contributed by atoms with van der Waals surface area (Å²) in [7, 11) is -3.99. The van der Waals surface area contributed by atoms with E-state index in [4.69, 9.17) is 4.55 Å². The smallest absolute Gasteiger partial charge is 0.269 e. The first kappa shape index (κ1) is 21.6. The third-order valence-corrected chi connectivity index (χ3v) is 5.99. The van der Waals surface area contributed by atoms with Gasteiger partial charge in [0.05, 0.1) is 0 Å². The second kappa shape index (κ2) is 10.6. The summed E-state index contributed by atoms with van der Waals surface area (Å²) in [5.74, 6) is 0.659. The summed E-state index contributed by atoms with van der Waals surface area (Å²) in [4.78, 5) is 0. The lowest BCUT2D eigenvalue weighted by atomic mass is 9.81. The highest BCUT2D eigenvalue weighted by molar-refractivity contribution is 7.85. The van der Waals surface area contributed by atoms with Crippen LogP contribution >= 0.6 is 0 Å². The molecule has 0 amide bonds. The molecule has 2 atom stereocenters. The quantitative estimate of drug-likeness (QED) is 0.362. The third-order valence-electron chi connectivity index (χ3n) is 5.29. The van der Waals surface area contributed by atoms with Crippen molar-refractivity contribution in [1.82, 2.24) is 0 Å². The molecule has 27 heavy (non-hydrogen) atoms. The van der Waals surface area contributed by atoms with Crippen LogP contribution < -0.4 is 0 Å². The summed E-state index contributed by atoms with van der Waals surface area (Å²) in [5, 5.41) is 0. The zero-order chi connectivity index (χ0) is 19.7. The molecule has 0 heterocycles. The lowest BCUT2D eigenvalue weighted by Gasteiger charge is -2.24. The predicted molar refractivity (Wildman–Crippen MR) is 113 cm³/mol. The molecule has 2 rings (SSSR count). The lowest BCUT2D eigenvalue weighted by Crippen LogP contribution is -2.07. The number of hydrogen-bond donors (Lipinski definition) is 1. The Morgan fingerprint density at radius 1 is 0.852 bits per heavy atom. The van der Waals surface area contributed by atoms with Gasteiger partial charge in [0, 0.05) is 0 Å². The van der Waals surface area contributed by atoms with Crippen LogP contribution in [0, 0.1) is 0 Å². The van der Waals surface area contributed by atoms with E-state index in [2.05, 4.69) is 44.2 Å². The normalized spacial score (nSPS) is 14.0. The van der Waals surface area contributed by atoms with E-state index in [9.17, 15) is 8.42 Å². The van der Waals surface area contributed by atoms with Gasteiger partial charge in [-0.15, -0.1) is 0 Å². The van der Waals surface area contributed by atoms with E-state index in [1.807, 2.05) is 24.3 Å². The van der Waals surface area contributed by atoms with Crippen molar-refractivity contribution in [2.75, 3.05) is 0 Å². The fraction of sp³-hybridized carbons (Fsp3) is 0.478. The summed E-state index contributed by atoms with van der Waals surface area (Å²) in [6.45, 7) is 4.47. The Bertz CT molecular complexity index is 767. The van der Waals surface area contributed by atoms with Crippen molar-refractivity contribution in [2.24, 2.45) is 0 Å². The van der Waals surface area contributed by atoms with E-state index in [0.717, 1.165) is 19.3 Å². The highest BCUT2D eigenvalue weighted by atomic mass is 32.2. The molecule has 0 radical (unpaired) electrons. The summed E-state index contributed by atoms with van der Waals surface area (Å²) in [5.41, 5.74) is 3.28. The number of rotatable bonds is 11. The molecule has 0 spiro atoms. The first-order valence-electron chi connectivity index (χ1n) is 10.0. The van der Waals surface area contributed by atoms with Gasteiger partial charge in [0.1, 0.15) is 5.75 Å². The molecule has 0 saturated carbocycles. The van der Waals surface area contributed by atoms with Gasteiger partial charge in [0.2, 0.25) is 0 Å². The van der Waals surface area contributed by atoms with Crippen LogP contribution in [0.25, 0.3) is 0 Å². The van der Waals surface area contributed by atoms with Gasteiger partial charge in [-0.05, 0) is 47.8 Å². The average molecular weight is 389 g/mol. The van der Waals surface area contributed by atoms with E-state index in [-0.39, 0.29) is 5.75 Å². The molecule has 0 aliphatic heterocycles. The van der Waals surface area contributed by atoms with E-state index < -0.39 is 10.1 Å². The Labute approximate surface area is 164 Å². The minimum Gasteiger partial charge on any atom is -0.285 e. The second-order valence-corrected chi connectivity index (χ2v) is 8.86. The molecule has 4 heteroatoms. The largest absolute Gasteiger partial charge is 0.285 e. The number of hydrogen-bond acceptors (Lipinski definition) is 2. The van der Waals surface area contributed by atoms with E-state index in [1.165, 1.54) is 30.4 Å². The maximum atomic E-state index is 11.1. The van der Waals surface area contributed by atoms with Crippen LogP contribution in [-0.4, -0.2) is 13.0 Å². The van der Waals surface area contributed by atoms with Gasteiger partial charge < -0.3 is 0 Å². The van der Waals surface area contributed by atoms with E-state index >= 15 is 0 Å². The average Bonchev–Trinajstić information content (AvgIpc) is 2.65. The molecule has 2 aromatic rings. The van der Waals surface area contributed by atoms with Crippen LogP contribution in [0.1, 0.15) is 80.9 Å². The molecule has 2 aromatic carbocycles. The fourth-order valence-electron chi connectivity index (χ4n) is 3.77. The van der Waals surface area contributed by atoms with Crippen LogP contribution in [-0.2, 0) is 15.9 Å². The topological polar surface area (TPSA) is 54.4 Å². The van der Waals surface area contributed by atoms with Crippen LogP contribution in [0.5, 0.6) is 0 Å².